The van der Waals surface area contributed by atoms with Gasteiger partial charge in [-0.25, -0.2) is 0 Å². The van der Waals surface area contributed by atoms with E-state index >= 15 is 0 Å². The number of rotatable bonds is 4. The molecule has 9 nitrogen and oxygen atoms in total. The second-order valence-corrected chi connectivity index (χ2v) is 12.8. The van der Waals surface area contributed by atoms with Crippen LogP contribution in [0.5, 0.6) is 5.75 Å². The van der Waals surface area contributed by atoms with Gasteiger partial charge in [0, 0.05) is 11.0 Å². The molecule has 214 valence electrons. The number of aliphatic hydroxyl groups is 4. The van der Waals surface area contributed by atoms with Gasteiger partial charge in [-0.15, -0.1) is 0 Å². The lowest BCUT2D eigenvalue weighted by molar-refractivity contribution is -0.265. The summed E-state index contributed by atoms with van der Waals surface area (Å²) in [4.78, 5) is 40.4. The molecule has 0 heterocycles. The zero-order valence-electron chi connectivity index (χ0n) is 23.1. The van der Waals surface area contributed by atoms with E-state index in [4.69, 9.17) is 5.73 Å². The summed E-state index contributed by atoms with van der Waals surface area (Å²) in [6.07, 6.45) is -3.15. The van der Waals surface area contributed by atoms with Gasteiger partial charge in [-0.1, -0.05) is 58.0 Å². The van der Waals surface area contributed by atoms with Crippen molar-refractivity contribution in [2.24, 2.45) is 40.2 Å². The first-order valence-electron chi connectivity index (χ1n) is 13.7. The van der Waals surface area contributed by atoms with Crippen molar-refractivity contribution in [3.63, 3.8) is 0 Å². The quantitative estimate of drug-likeness (QED) is 0.311. The van der Waals surface area contributed by atoms with Crippen LogP contribution in [0.15, 0.2) is 36.4 Å². The number of phenols is 1. The second kappa shape index (κ2) is 9.21. The molecule has 1 amide bonds. The van der Waals surface area contributed by atoms with E-state index in [1.807, 2.05) is 37.3 Å². The fourth-order valence-corrected chi connectivity index (χ4v) is 8.65. The second-order valence-electron chi connectivity index (χ2n) is 12.8. The number of carbonyl (C=O) groups is 3. The van der Waals surface area contributed by atoms with Crippen LogP contribution in [0.3, 0.4) is 0 Å². The Morgan fingerprint density at radius 3 is 2.30 bits per heavy atom. The molecule has 0 spiro atoms. The number of benzene rings is 2. The summed E-state index contributed by atoms with van der Waals surface area (Å²) in [5, 5.41) is 56.5. The van der Waals surface area contributed by atoms with Crippen LogP contribution in [0.4, 0.5) is 0 Å². The van der Waals surface area contributed by atoms with Crippen LogP contribution in [-0.4, -0.2) is 60.8 Å². The lowest BCUT2D eigenvalue weighted by Gasteiger charge is -2.66. The largest absolute Gasteiger partial charge is 0.507 e. The molecule has 40 heavy (non-hydrogen) atoms. The van der Waals surface area contributed by atoms with Crippen molar-refractivity contribution in [1.82, 2.24) is 0 Å². The van der Waals surface area contributed by atoms with Crippen LogP contribution in [0, 0.1) is 34.5 Å². The summed E-state index contributed by atoms with van der Waals surface area (Å²) in [7, 11) is 0. The number of amides is 1. The van der Waals surface area contributed by atoms with Gasteiger partial charge in [0.1, 0.15) is 17.8 Å². The third-order valence-electron chi connectivity index (χ3n) is 10.1. The van der Waals surface area contributed by atoms with Crippen molar-refractivity contribution >= 4 is 17.5 Å². The molecule has 2 fully saturated rings. The third-order valence-corrected chi connectivity index (χ3v) is 10.1. The van der Waals surface area contributed by atoms with Gasteiger partial charge in [0.2, 0.25) is 5.91 Å². The van der Waals surface area contributed by atoms with Crippen LogP contribution in [-0.2, 0) is 22.6 Å². The molecule has 9 heteroatoms. The van der Waals surface area contributed by atoms with Gasteiger partial charge in [0.25, 0.3) is 0 Å². The molecule has 2 unspecified atom stereocenters. The molecule has 0 saturated heterocycles. The minimum atomic E-state index is -2.56. The molecule has 2 aromatic carbocycles. The molecular formula is C31H37NO8. The number of nitrogens with two attached hydrogens (primary N) is 1. The Labute approximate surface area is 232 Å². The van der Waals surface area contributed by atoms with Crippen molar-refractivity contribution in [2.45, 2.75) is 65.0 Å². The minimum Gasteiger partial charge on any atom is -0.507 e. The van der Waals surface area contributed by atoms with Gasteiger partial charge in [0.05, 0.1) is 24.2 Å². The zero-order valence-corrected chi connectivity index (χ0v) is 23.1. The van der Waals surface area contributed by atoms with Crippen LogP contribution in [0.25, 0.3) is 11.1 Å². The number of Topliss-reactive ketones (excluding diaryl/α,β-unsaturated/α-hetero) is 2. The standard InChI is InChI=1S/C31H37NO8/c1-14(2)21-25(36)20(28(32)39)26(37)31(40)27(38)22-24(35)19-18(11-29(22,3)13-30(21,31)4)17(10-16(12-33)23(19)34)15-8-6-5-7-9-15/h5-10,14,20-22,25,27,33-34,36,38,40H,11-13H2,1-4H3,(H2,32,39)/t20-,21+,22-,25?,27?,29-,30-,31+/m1/s1. The van der Waals surface area contributed by atoms with E-state index < -0.39 is 76.2 Å². The van der Waals surface area contributed by atoms with Gasteiger partial charge in [-0.3, -0.25) is 14.4 Å². The molecule has 0 aromatic heterocycles. The number of hydrogen-bond donors (Lipinski definition) is 6. The summed E-state index contributed by atoms with van der Waals surface area (Å²) >= 11 is 0. The number of hydrogen-bond acceptors (Lipinski definition) is 8. The highest BCUT2D eigenvalue weighted by Crippen LogP contribution is 2.66. The molecule has 2 saturated carbocycles. The monoisotopic (exact) mass is 551 g/mol. The van der Waals surface area contributed by atoms with Crippen LogP contribution in [0.1, 0.15) is 55.6 Å². The minimum absolute atomic E-state index is 0.0608. The van der Waals surface area contributed by atoms with E-state index in [0.717, 1.165) is 5.56 Å². The highest BCUT2D eigenvalue weighted by molar-refractivity contribution is 6.10. The summed E-state index contributed by atoms with van der Waals surface area (Å²) in [5.74, 6) is -7.48. The fourth-order valence-electron chi connectivity index (χ4n) is 8.65. The Kier molecular flexibility index (Phi) is 6.54. The summed E-state index contributed by atoms with van der Waals surface area (Å²) < 4.78 is 0. The molecule has 0 bridgehead atoms. The van der Waals surface area contributed by atoms with Gasteiger partial charge in [-0.2, -0.15) is 0 Å². The number of aromatic hydroxyl groups is 1. The first kappa shape index (κ1) is 28.4. The van der Waals surface area contributed by atoms with Crippen LogP contribution < -0.4 is 5.73 Å². The number of carbonyl (C=O) groups excluding carboxylic acids is 3. The van der Waals surface area contributed by atoms with E-state index in [1.54, 1.807) is 26.8 Å². The molecule has 0 radical (unpaired) electrons. The molecule has 3 aliphatic rings. The number of fused-ring (bicyclic) bond motifs is 3. The topological polar surface area (TPSA) is 178 Å². The molecule has 0 aliphatic heterocycles. The highest BCUT2D eigenvalue weighted by Gasteiger charge is 2.75. The molecular weight excluding hydrogens is 514 g/mol. The Hall–Kier alpha value is -3.11. The zero-order chi connectivity index (χ0) is 29.5. The van der Waals surface area contributed by atoms with Crippen molar-refractivity contribution < 1.29 is 39.9 Å². The van der Waals surface area contributed by atoms with Crippen molar-refractivity contribution in [2.75, 3.05) is 0 Å². The van der Waals surface area contributed by atoms with E-state index in [-0.39, 0.29) is 29.9 Å². The van der Waals surface area contributed by atoms with Crippen molar-refractivity contribution in [3.8, 4) is 16.9 Å². The predicted octanol–water partition coefficient (Wildman–Crippen LogP) is 1.73. The predicted molar refractivity (Wildman–Crippen MR) is 145 cm³/mol. The highest BCUT2D eigenvalue weighted by atomic mass is 16.4. The normalized spacial score (nSPS) is 37.1. The maximum atomic E-state index is 14.3. The van der Waals surface area contributed by atoms with Gasteiger partial charge in [0.15, 0.2) is 17.2 Å². The van der Waals surface area contributed by atoms with Crippen molar-refractivity contribution in [3.05, 3.63) is 53.1 Å². The first-order valence-corrected chi connectivity index (χ1v) is 13.7. The Morgan fingerprint density at radius 2 is 1.75 bits per heavy atom. The molecule has 3 aliphatic carbocycles. The van der Waals surface area contributed by atoms with E-state index in [2.05, 4.69) is 0 Å². The number of aliphatic hydroxyl groups excluding tert-OH is 3. The molecule has 2 aromatic rings. The Bertz CT molecular complexity index is 1410. The fraction of sp³-hybridized carbons (Fsp3) is 0.516. The maximum Gasteiger partial charge on any atom is 0.230 e. The molecule has 5 rings (SSSR count). The van der Waals surface area contributed by atoms with Crippen LogP contribution in [0.2, 0.25) is 0 Å². The summed E-state index contributed by atoms with van der Waals surface area (Å²) in [6.45, 7) is 6.51. The average molecular weight is 552 g/mol. The first-order chi connectivity index (χ1) is 18.7. The number of primary amides is 1. The maximum absolute atomic E-state index is 14.3. The summed E-state index contributed by atoms with van der Waals surface area (Å²) in [5.41, 5.74) is 2.56. The third kappa shape index (κ3) is 3.51. The Balaban J connectivity index is 1.77. The number of ketones is 2. The van der Waals surface area contributed by atoms with Crippen LogP contribution >= 0.6 is 0 Å². The average Bonchev–Trinajstić information content (AvgIpc) is 2.86. The van der Waals surface area contributed by atoms with Crippen molar-refractivity contribution in [1.29, 1.82) is 0 Å². The lowest BCUT2D eigenvalue weighted by Crippen LogP contribution is -2.79. The van der Waals surface area contributed by atoms with E-state index in [0.29, 0.717) is 11.1 Å². The van der Waals surface area contributed by atoms with E-state index in [9.17, 15) is 39.9 Å². The van der Waals surface area contributed by atoms with Gasteiger partial charge < -0.3 is 31.3 Å². The molecule has 7 N–H and O–H groups in total. The SMILES string of the molecule is CC(C)[C@H]1C(O)[C@@H](C(N)=O)C(=O)[C@]2(O)C(O)[C@H]3C(=O)c4c(O)c(CO)cc(-c5ccccc5)c4C[C@]3(C)C[C@]12C. The van der Waals surface area contributed by atoms with Gasteiger partial charge in [-0.05, 0) is 52.8 Å². The summed E-state index contributed by atoms with van der Waals surface area (Å²) in [6, 6.07) is 10.9. The smallest absolute Gasteiger partial charge is 0.230 e. The van der Waals surface area contributed by atoms with E-state index in [1.165, 1.54) is 0 Å². The molecule has 8 atom stereocenters. The van der Waals surface area contributed by atoms with Gasteiger partial charge >= 0.3 is 0 Å². The Morgan fingerprint density at radius 1 is 1.12 bits per heavy atom. The lowest BCUT2D eigenvalue weighted by atomic mass is 9.39.